The van der Waals surface area contributed by atoms with Crippen molar-refractivity contribution in [3.63, 3.8) is 0 Å². The van der Waals surface area contributed by atoms with Gasteiger partial charge in [0.2, 0.25) is 0 Å². The van der Waals surface area contributed by atoms with Crippen molar-refractivity contribution in [2.45, 2.75) is 198 Å². The lowest BCUT2D eigenvalue weighted by atomic mass is 10.1. The summed E-state index contributed by atoms with van der Waals surface area (Å²) in [6.07, 6.45) is 37.0. The Hall–Kier alpha value is -0.0800. The number of hydrogen-bond donors (Lipinski definition) is 0. The molecule has 0 spiro atoms. The van der Waals surface area contributed by atoms with Gasteiger partial charge in [0.25, 0.3) is 0 Å². The van der Waals surface area contributed by atoms with E-state index in [1.54, 1.807) is 15.4 Å². The van der Waals surface area contributed by atoms with Gasteiger partial charge in [0.1, 0.15) is 0 Å². The molecule has 0 amide bonds. The number of unbranched alkanes of at least 4 members (excludes halogenated alkanes) is 22. The van der Waals surface area contributed by atoms with E-state index in [0.29, 0.717) is 0 Å². The van der Waals surface area contributed by atoms with Crippen LogP contribution in [0.15, 0.2) is 28.0 Å². The van der Waals surface area contributed by atoms with E-state index in [1.165, 1.54) is 178 Å². The quantitative estimate of drug-likeness (QED) is 0.0659. The fourth-order valence-electron chi connectivity index (χ4n) is 5.56. The minimum absolute atomic E-state index is 1.24. The van der Waals surface area contributed by atoms with Gasteiger partial charge in [-0.1, -0.05) is 175 Å². The first-order valence-corrected chi connectivity index (χ1v) is 19.7. The van der Waals surface area contributed by atoms with Crippen molar-refractivity contribution in [2.75, 3.05) is 11.5 Å². The van der Waals surface area contributed by atoms with Gasteiger partial charge in [0, 0.05) is 9.79 Å². The number of rotatable bonds is 30. The molecule has 0 saturated carbocycles. The third kappa shape index (κ3) is 22.2. The molecule has 0 aliphatic heterocycles. The third-order valence-electron chi connectivity index (χ3n) is 8.10. The lowest BCUT2D eigenvalue weighted by Crippen LogP contribution is -1.94. The minimum atomic E-state index is 1.24. The molecule has 0 bridgehead atoms. The summed E-state index contributed by atoms with van der Waals surface area (Å²) in [6.45, 7) is 6.95. The summed E-state index contributed by atoms with van der Waals surface area (Å²) in [7, 11) is 0. The monoisotopic (exact) mass is 576 g/mol. The van der Waals surface area contributed by atoms with E-state index < -0.39 is 0 Å². The van der Waals surface area contributed by atoms with E-state index in [2.05, 4.69) is 62.5 Å². The van der Waals surface area contributed by atoms with Crippen LogP contribution in [0, 0.1) is 0 Å². The maximum atomic E-state index is 2.39. The van der Waals surface area contributed by atoms with Crippen LogP contribution in [-0.2, 0) is 6.42 Å². The highest BCUT2D eigenvalue weighted by Crippen LogP contribution is 2.33. The molecule has 0 atom stereocenters. The second-order valence-electron chi connectivity index (χ2n) is 12.0. The highest BCUT2D eigenvalue weighted by Gasteiger charge is 2.09. The van der Waals surface area contributed by atoms with E-state index >= 15 is 0 Å². The Bertz CT molecular complexity index is 578. The van der Waals surface area contributed by atoms with Crippen molar-refractivity contribution in [1.29, 1.82) is 0 Å². The zero-order valence-electron chi connectivity index (χ0n) is 26.8. The normalized spacial score (nSPS) is 11.5. The predicted octanol–water partition coefficient (Wildman–Crippen LogP) is 14.2. The second-order valence-corrected chi connectivity index (χ2v) is 14.2. The van der Waals surface area contributed by atoms with Gasteiger partial charge in [-0.15, -0.1) is 23.5 Å². The smallest absolute Gasteiger partial charge is 0.0115 e. The Balaban J connectivity index is 2.11. The molecule has 228 valence electrons. The molecule has 39 heavy (non-hydrogen) atoms. The van der Waals surface area contributed by atoms with Gasteiger partial charge in [-0.3, -0.25) is 0 Å². The molecule has 0 fully saturated rings. The van der Waals surface area contributed by atoms with Gasteiger partial charge in [-0.2, -0.15) is 0 Å². The van der Waals surface area contributed by atoms with Crippen molar-refractivity contribution in [1.82, 2.24) is 0 Å². The van der Waals surface area contributed by atoms with Crippen LogP contribution in [0.5, 0.6) is 0 Å². The summed E-state index contributed by atoms with van der Waals surface area (Å²) in [5, 5.41) is 0. The van der Waals surface area contributed by atoms with Crippen LogP contribution in [0.2, 0.25) is 0 Å². The van der Waals surface area contributed by atoms with Crippen molar-refractivity contribution in [3.8, 4) is 0 Å². The minimum Gasteiger partial charge on any atom is -0.126 e. The van der Waals surface area contributed by atoms with Gasteiger partial charge >= 0.3 is 0 Å². The molecule has 1 aromatic rings. The van der Waals surface area contributed by atoms with Gasteiger partial charge in [0.05, 0.1) is 0 Å². The van der Waals surface area contributed by atoms with Crippen LogP contribution < -0.4 is 0 Å². The second kappa shape index (κ2) is 29.4. The molecule has 0 aliphatic carbocycles. The molecule has 0 N–H and O–H groups in total. The lowest BCUT2D eigenvalue weighted by molar-refractivity contribution is 0.548. The van der Waals surface area contributed by atoms with Crippen molar-refractivity contribution in [2.24, 2.45) is 0 Å². The standard InChI is InChI=1S/C37H68S2/c1-4-7-9-11-13-15-17-19-21-23-25-27-33-38-36-31-29-32-37(35(36)30-6-3)39-34-28-26-24-22-20-18-16-14-12-10-8-5-2/h29,31-32H,4-28,30,33-34H2,1-3H3. The van der Waals surface area contributed by atoms with Crippen molar-refractivity contribution in [3.05, 3.63) is 23.8 Å². The molecular weight excluding hydrogens is 509 g/mol. The summed E-state index contributed by atoms with van der Waals surface area (Å²) in [5.74, 6) is 2.59. The molecule has 2 heteroatoms. The zero-order chi connectivity index (χ0) is 28.1. The van der Waals surface area contributed by atoms with Crippen LogP contribution in [0.3, 0.4) is 0 Å². The zero-order valence-corrected chi connectivity index (χ0v) is 28.5. The summed E-state index contributed by atoms with van der Waals surface area (Å²) >= 11 is 4.26. The van der Waals surface area contributed by atoms with E-state index in [4.69, 9.17) is 0 Å². The van der Waals surface area contributed by atoms with Crippen molar-refractivity contribution >= 4 is 23.5 Å². The Morgan fingerprint density at radius 1 is 0.385 bits per heavy atom. The molecular formula is C37H68S2. The maximum absolute atomic E-state index is 2.39. The summed E-state index contributed by atoms with van der Waals surface area (Å²) in [4.78, 5) is 3.14. The molecule has 0 heterocycles. The highest BCUT2D eigenvalue weighted by atomic mass is 32.2. The highest BCUT2D eigenvalue weighted by molar-refractivity contribution is 8.00. The van der Waals surface area contributed by atoms with E-state index in [1.807, 2.05) is 0 Å². The van der Waals surface area contributed by atoms with Gasteiger partial charge in [-0.25, -0.2) is 0 Å². The average molecular weight is 577 g/mol. The predicted molar refractivity (Wildman–Crippen MR) is 184 cm³/mol. The van der Waals surface area contributed by atoms with Crippen LogP contribution in [0.1, 0.15) is 187 Å². The van der Waals surface area contributed by atoms with Crippen LogP contribution >= 0.6 is 23.5 Å². The molecule has 0 unspecified atom stereocenters. The summed E-state index contributed by atoms with van der Waals surface area (Å²) in [5.41, 5.74) is 1.65. The first-order chi connectivity index (χ1) is 19.3. The Morgan fingerprint density at radius 2 is 0.692 bits per heavy atom. The number of hydrogen-bond acceptors (Lipinski definition) is 2. The summed E-state index contributed by atoms with van der Waals surface area (Å²) in [6, 6.07) is 7.10. The van der Waals surface area contributed by atoms with Gasteiger partial charge < -0.3 is 0 Å². The molecule has 0 saturated heterocycles. The molecule has 0 aliphatic rings. The fourth-order valence-corrected chi connectivity index (χ4v) is 7.89. The Morgan fingerprint density at radius 3 is 1.00 bits per heavy atom. The largest absolute Gasteiger partial charge is 0.126 e. The lowest BCUT2D eigenvalue weighted by Gasteiger charge is -2.14. The van der Waals surface area contributed by atoms with Crippen LogP contribution in [-0.4, -0.2) is 11.5 Å². The van der Waals surface area contributed by atoms with Gasteiger partial charge in [0.15, 0.2) is 0 Å². The molecule has 1 aromatic carbocycles. The number of thioether (sulfide) groups is 2. The molecule has 1 rings (SSSR count). The van der Waals surface area contributed by atoms with E-state index in [9.17, 15) is 0 Å². The number of benzene rings is 1. The SMILES string of the molecule is CCCCCCCCCCCCCCSc1cccc(SCCCCCCCCCCCCCC)c1CCC. The third-order valence-corrected chi connectivity index (χ3v) is 10.5. The summed E-state index contributed by atoms with van der Waals surface area (Å²) < 4.78 is 0. The van der Waals surface area contributed by atoms with Crippen LogP contribution in [0.4, 0.5) is 0 Å². The topological polar surface area (TPSA) is 0 Å². The molecule has 0 radical (unpaired) electrons. The van der Waals surface area contributed by atoms with E-state index in [-0.39, 0.29) is 0 Å². The Labute approximate surface area is 255 Å². The van der Waals surface area contributed by atoms with Crippen LogP contribution in [0.25, 0.3) is 0 Å². The molecule has 0 aromatic heterocycles. The fraction of sp³-hybridized carbons (Fsp3) is 0.838. The van der Waals surface area contributed by atoms with Gasteiger partial charge in [-0.05, 0) is 48.5 Å². The maximum Gasteiger partial charge on any atom is 0.0115 e. The Kier molecular flexibility index (Phi) is 27.9. The molecule has 0 nitrogen and oxygen atoms in total. The first-order valence-electron chi connectivity index (χ1n) is 17.7. The van der Waals surface area contributed by atoms with Crippen molar-refractivity contribution < 1.29 is 0 Å². The average Bonchev–Trinajstić information content (AvgIpc) is 2.95. The first kappa shape index (κ1) is 36.9. The van der Waals surface area contributed by atoms with E-state index in [0.717, 1.165) is 0 Å².